The molecule has 0 saturated heterocycles. The second-order valence-corrected chi connectivity index (χ2v) is 5.80. The molecule has 0 bridgehead atoms. The smallest absolute Gasteiger partial charge is 0.265 e. The van der Waals surface area contributed by atoms with Gasteiger partial charge in [0.1, 0.15) is 11.2 Å². The molecule has 0 aliphatic heterocycles. The molecule has 2 rings (SSSR count). The van der Waals surface area contributed by atoms with E-state index < -0.39 is 26.6 Å². The van der Waals surface area contributed by atoms with Gasteiger partial charge in [-0.2, -0.15) is 0 Å². The van der Waals surface area contributed by atoms with Crippen LogP contribution in [0.5, 0.6) is 0 Å². The molecule has 0 atom stereocenters. The van der Waals surface area contributed by atoms with Gasteiger partial charge in [0.05, 0.1) is 18.1 Å². The minimum Gasteiger partial charge on any atom is -0.316 e. The molecular weight excluding hydrogens is 302 g/mol. The predicted molar refractivity (Wildman–Crippen MR) is 72.0 cm³/mol. The average molecular weight is 314 g/mol. The predicted octanol–water partition coefficient (Wildman–Crippen LogP) is 1.27. The van der Waals surface area contributed by atoms with E-state index in [1.54, 1.807) is 7.05 Å². The Hall–Kier alpha value is -2.13. The van der Waals surface area contributed by atoms with E-state index in [4.69, 9.17) is 0 Å². The molecule has 9 heteroatoms. The molecule has 0 aliphatic rings. The minimum absolute atomic E-state index is 0.0522. The Morgan fingerprint density at radius 2 is 1.86 bits per heavy atom. The molecule has 21 heavy (non-hydrogen) atoms. The van der Waals surface area contributed by atoms with Gasteiger partial charge in [-0.05, 0) is 24.7 Å². The Morgan fingerprint density at radius 1 is 1.19 bits per heavy atom. The zero-order valence-corrected chi connectivity index (χ0v) is 11.8. The van der Waals surface area contributed by atoms with E-state index in [1.165, 1.54) is 18.7 Å². The molecule has 0 unspecified atom stereocenters. The van der Waals surface area contributed by atoms with Crippen LogP contribution in [-0.2, 0) is 16.6 Å². The fourth-order valence-corrected chi connectivity index (χ4v) is 2.85. The van der Waals surface area contributed by atoms with Crippen molar-refractivity contribution < 1.29 is 17.2 Å². The third kappa shape index (κ3) is 3.50. The summed E-state index contributed by atoms with van der Waals surface area (Å²) in [5.74, 6) is -2.66. The van der Waals surface area contributed by atoms with Crippen molar-refractivity contribution in [1.29, 1.82) is 0 Å². The molecule has 2 N–H and O–H groups in total. The minimum atomic E-state index is -4.28. The summed E-state index contributed by atoms with van der Waals surface area (Å²) in [5.41, 5.74) is 0.359. The molecule has 1 aromatic heterocycles. The van der Waals surface area contributed by atoms with E-state index in [0.717, 1.165) is 12.1 Å². The van der Waals surface area contributed by atoms with Gasteiger partial charge in [0.2, 0.25) is 0 Å². The lowest BCUT2D eigenvalue weighted by Gasteiger charge is -2.10. The Labute approximate surface area is 120 Å². The summed E-state index contributed by atoms with van der Waals surface area (Å²) < 4.78 is 53.7. The number of hydrogen-bond acceptors (Lipinski definition) is 5. The van der Waals surface area contributed by atoms with Crippen LogP contribution in [0.1, 0.15) is 5.56 Å². The zero-order valence-electron chi connectivity index (χ0n) is 11.0. The van der Waals surface area contributed by atoms with Gasteiger partial charge in [-0.1, -0.05) is 0 Å². The summed E-state index contributed by atoms with van der Waals surface area (Å²) in [6.07, 6.45) is 3.62. The molecule has 0 aliphatic carbocycles. The van der Waals surface area contributed by atoms with Crippen LogP contribution in [0.2, 0.25) is 0 Å². The van der Waals surface area contributed by atoms with Gasteiger partial charge in [-0.25, -0.2) is 27.2 Å². The van der Waals surface area contributed by atoms with E-state index in [0.29, 0.717) is 5.56 Å². The lowest BCUT2D eigenvalue weighted by atomic mass is 10.2. The van der Waals surface area contributed by atoms with Crippen molar-refractivity contribution in [3.8, 4) is 0 Å². The SMILES string of the molecule is CNCc1cc(F)c(F)c(S(=O)(=O)Nc2cncnc2)c1. The van der Waals surface area contributed by atoms with Crippen molar-refractivity contribution in [2.24, 2.45) is 0 Å². The molecule has 1 aromatic carbocycles. The van der Waals surface area contributed by atoms with Crippen molar-refractivity contribution in [2.45, 2.75) is 11.4 Å². The van der Waals surface area contributed by atoms with Crippen molar-refractivity contribution >= 4 is 15.7 Å². The third-order valence-corrected chi connectivity index (χ3v) is 3.92. The molecule has 2 aromatic rings. The van der Waals surface area contributed by atoms with Gasteiger partial charge in [-0.15, -0.1) is 0 Å². The average Bonchev–Trinajstić information content (AvgIpc) is 2.43. The maximum Gasteiger partial charge on any atom is 0.265 e. The monoisotopic (exact) mass is 314 g/mol. The summed E-state index contributed by atoms with van der Waals surface area (Å²) in [6.45, 7) is 0.203. The molecular formula is C12H12F2N4O2S. The molecule has 1 heterocycles. The third-order valence-electron chi connectivity index (χ3n) is 2.54. The van der Waals surface area contributed by atoms with Crippen LogP contribution in [0.3, 0.4) is 0 Å². The molecule has 0 saturated carbocycles. The van der Waals surface area contributed by atoms with E-state index in [9.17, 15) is 17.2 Å². The number of aromatic nitrogens is 2. The number of rotatable bonds is 5. The number of benzene rings is 1. The van der Waals surface area contributed by atoms with E-state index in [1.807, 2.05) is 0 Å². The summed E-state index contributed by atoms with van der Waals surface area (Å²) in [5, 5.41) is 2.73. The van der Waals surface area contributed by atoms with Crippen LogP contribution in [-0.4, -0.2) is 25.4 Å². The van der Waals surface area contributed by atoms with Crippen LogP contribution in [0.25, 0.3) is 0 Å². The number of nitrogens with zero attached hydrogens (tertiary/aromatic N) is 2. The lowest BCUT2D eigenvalue weighted by molar-refractivity contribution is 0.483. The van der Waals surface area contributed by atoms with Crippen LogP contribution >= 0.6 is 0 Å². The topological polar surface area (TPSA) is 84.0 Å². The second-order valence-electron chi connectivity index (χ2n) is 4.15. The highest BCUT2D eigenvalue weighted by Gasteiger charge is 2.23. The highest BCUT2D eigenvalue weighted by molar-refractivity contribution is 7.92. The van der Waals surface area contributed by atoms with Gasteiger partial charge in [0.25, 0.3) is 10.0 Å². The Bertz CT molecular complexity index is 738. The van der Waals surface area contributed by atoms with Crippen LogP contribution in [0, 0.1) is 11.6 Å². The fraction of sp³-hybridized carbons (Fsp3) is 0.167. The van der Waals surface area contributed by atoms with Crippen LogP contribution in [0.15, 0.2) is 35.7 Å². The summed E-state index contributed by atoms with van der Waals surface area (Å²) in [4.78, 5) is 6.50. The molecule has 0 radical (unpaired) electrons. The maximum absolute atomic E-state index is 13.8. The first-order valence-electron chi connectivity index (χ1n) is 5.84. The number of halogens is 2. The molecule has 0 amide bonds. The number of hydrogen-bond donors (Lipinski definition) is 2. The molecule has 112 valence electrons. The van der Waals surface area contributed by atoms with Crippen molar-refractivity contribution in [3.63, 3.8) is 0 Å². The highest BCUT2D eigenvalue weighted by atomic mass is 32.2. The van der Waals surface area contributed by atoms with Crippen molar-refractivity contribution in [1.82, 2.24) is 15.3 Å². The molecule has 0 fully saturated rings. The summed E-state index contributed by atoms with van der Waals surface area (Å²) >= 11 is 0. The Morgan fingerprint density at radius 3 is 2.48 bits per heavy atom. The first kappa shape index (κ1) is 15.3. The zero-order chi connectivity index (χ0) is 15.5. The van der Waals surface area contributed by atoms with E-state index in [-0.39, 0.29) is 12.2 Å². The Kier molecular flexibility index (Phi) is 4.43. The largest absolute Gasteiger partial charge is 0.316 e. The molecule has 6 nitrogen and oxygen atoms in total. The summed E-state index contributed by atoms with van der Waals surface area (Å²) in [7, 11) is -2.67. The van der Waals surface area contributed by atoms with Crippen LogP contribution in [0.4, 0.5) is 14.5 Å². The van der Waals surface area contributed by atoms with Gasteiger partial charge in [0, 0.05) is 6.54 Å². The Balaban J connectivity index is 2.44. The highest BCUT2D eigenvalue weighted by Crippen LogP contribution is 2.22. The van der Waals surface area contributed by atoms with E-state index >= 15 is 0 Å². The van der Waals surface area contributed by atoms with Gasteiger partial charge in [-0.3, -0.25) is 4.72 Å². The number of anilines is 1. The van der Waals surface area contributed by atoms with Gasteiger partial charge >= 0.3 is 0 Å². The summed E-state index contributed by atoms with van der Waals surface area (Å²) in [6, 6.07) is 2.01. The van der Waals surface area contributed by atoms with Gasteiger partial charge in [0.15, 0.2) is 11.6 Å². The standard InChI is InChI=1S/C12H12F2N4O2S/c1-15-4-8-2-10(13)12(14)11(3-8)21(19,20)18-9-5-16-7-17-6-9/h2-3,5-7,15,18H,4H2,1H3. The maximum atomic E-state index is 13.8. The first-order valence-corrected chi connectivity index (χ1v) is 7.32. The van der Waals surface area contributed by atoms with Crippen LogP contribution < -0.4 is 10.0 Å². The van der Waals surface area contributed by atoms with Gasteiger partial charge < -0.3 is 5.32 Å². The molecule has 0 spiro atoms. The lowest BCUT2D eigenvalue weighted by Crippen LogP contribution is -2.17. The first-order chi connectivity index (χ1) is 9.94. The number of nitrogens with one attached hydrogen (secondary N) is 2. The quantitative estimate of drug-likeness (QED) is 0.868. The van der Waals surface area contributed by atoms with E-state index in [2.05, 4.69) is 20.0 Å². The van der Waals surface area contributed by atoms with Crippen molar-refractivity contribution in [2.75, 3.05) is 11.8 Å². The van der Waals surface area contributed by atoms with Crippen molar-refractivity contribution in [3.05, 3.63) is 48.1 Å². The normalized spacial score (nSPS) is 11.4. The number of sulfonamides is 1. The second kappa shape index (κ2) is 6.10. The fourth-order valence-electron chi connectivity index (χ4n) is 1.68.